The van der Waals surface area contributed by atoms with Gasteiger partial charge in [0.25, 0.3) is 0 Å². The predicted molar refractivity (Wildman–Crippen MR) is 170 cm³/mol. The summed E-state index contributed by atoms with van der Waals surface area (Å²) in [5.41, 5.74) is 0. The number of carbonyl (C=O) groups excluding carboxylic acids is 1. The van der Waals surface area contributed by atoms with E-state index >= 15 is 0 Å². The highest BCUT2D eigenvalue weighted by molar-refractivity contribution is 5.69. The number of hydrogen-bond donors (Lipinski definition) is 0. The third-order valence-electron chi connectivity index (χ3n) is 7.83. The van der Waals surface area contributed by atoms with Gasteiger partial charge >= 0.3 is 5.97 Å². The lowest BCUT2D eigenvalue weighted by molar-refractivity contribution is -0.143. The van der Waals surface area contributed by atoms with Gasteiger partial charge in [0, 0.05) is 6.42 Å². The zero-order valence-electron chi connectivity index (χ0n) is 26.6. The molecule has 0 spiro atoms. The number of hydrogen-bond acceptors (Lipinski definition) is 2. The molecule has 0 aromatic rings. The Kier molecular flexibility index (Phi) is 31.7. The van der Waals surface area contributed by atoms with E-state index in [0.717, 1.165) is 18.8 Å². The molecule has 0 aromatic carbocycles. The van der Waals surface area contributed by atoms with E-state index in [0.29, 0.717) is 13.0 Å². The van der Waals surface area contributed by atoms with E-state index < -0.39 is 0 Å². The zero-order chi connectivity index (χ0) is 27.8. The summed E-state index contributed by atoms with van der Waals surface area (Å²) in [5, 5.41) is 0. The lowest BCUT2D eigenvalue weighted by Crippen LogP contribution is -2.05. The average molecular weight is 535 g/mol. The van der Waals surface area contributed by atoms with E-state index in [-0.39, 0.29) is 5.97 Å². The summed E-state index contributed by atoms with van der Waals surface area (Å²) in [6.45, 7) is 7.55. The molecule has 0 unspecified atom stereocenters. The van der Waals surface area contributed by atoms with Crippen molar-refractivity contribution in [1.29, 1.82) is 0 Å². The highest BCUT2D eigenvalue weighted by Crippen LogP contribution is 2.15. The molecule has 0 radical (unpaired) electrons. The Balaban J connectivity index is 3.18. The van der Waals surface area contributed by atoms with Crippen molar-refractivity contribution < 1.29 is 9.53 Å². The number of rotatable bonds is 31. The first kappa shape index (κ1) is 37.2. The van der Waals surface area contributed by atoms with Crippen LogP contribution in [0, 0.1) is 5.92 Å². The molecule has 0 rings (SSSR count). The summed E-state index contributed by atoms with van der Waals surface area (Å²) in [5.74, 6) is 0.888. The quantitative estimate of drug-likeness (QED) is 0.0502. The van der Waals surface area contributed by atoms with Crippen LogP contribution in [0.15, 0.2) is 12.2 Å². The second-order valence-electron chi connectivity index (χ2n) is 12.3. The van der Waals surface area contributed by atoms with Crippen molar-refractivity contribution in [2.75, 3.05) is 6.61 Å². The highest BCUT2D eigenvalue weighted by atomic mass is 16.5. The van der Waals surface area contributed by atoms with Crippen molar-refractivity contribution >= 4 is 5.97 Å². The maximum absolute atomic E-state index is 11.9. The molecule has 0 bridgehead atoms. The fourth-order valence-electron chi connectivity index (χ4n) is 5.20. The molecule has 0 fully saturated rings. The van der Waals surface area contributed by atoms with Gasteiger partial charge in [0.05, 0.1) is 6.61 Å². The summed E-state index contributed by atoms with van der Waals surface area (Å²) < 4.78 is 5.43. The standard InChI is InChI=1S/C36H70O2/c1-4-5-6-7-8-9-10-11-12-13-14-15-18-21-24-27-30-33-36(37)38-34-31-28-25-22-19-16-17-20-23-26-29-32-35(2)3/h9-10,35H,4-8,11-34H2,1-3H3/b10-9+. The first-order valence-corrected chi connectivity index (χ1v) is 17.5. The summed E-state index contributed by atoms with van der Waals surface area (Å²) >= 11 is 0. The molecule has 0 saturated heterocycles. The molecule has 0 saturated carbocycles. The Bertz CT molecular complexity index is 482. The lowest BCUT2D eigenvalue weighted by atomic mass is 10.0. The van der Waals surface area contributed by atoms with Crippen LogP contribution in [0.5, 0.6) is 0 Å². The average Bonchev–Trinajstić information content (AvgIpc) is 2.90. The normalized spacial score (nSPS) is 11.7. The van der Waals surface area contributed by atoms with Crippen LogP contribution >= 0.6 is 0 Å². The summed E-state index contributed by atoms with van der Waals surface area (Å²) in [6.07, 6.45) is 41.2. The van der Waals surface area contributed by atoms with Crippen LogP contribution in [-0.2, 0) is 9.53 Å². The zero-order valence-corrected chi connectivity index (χ0v) is 26.6. The Morgan fingerprint density at radius 2 is 0.921 bits per heavy atom. The first-order chi connectivity index (χ1) is 18.7. The molecule has 38 heavy (non-hydrogen) atoms. The van der Waals surface area contributed by atoms with Gasteiger partial charge < -0.3 is 4.74 Å². The largest absolute Gasteiger partial charge is 0.466 e. The van der Waals surface area contributed by atoms with Gasteiger partial charge in [0.2, 0.25) is 0 Å². The van der Waals surface area contributed by atoms with Crippen LogP contribution < -0.4 is 0 Å². The second-order valence-corrected chi connectivity index (χ2v) is 12.3. The summed E-state index contributed by atoms with van der Waals surface area (Å²) in [6, 6.07) is 0. The van der Waals surface area contributed by atoms with Crippen molar-refractivity contribution in [3.8, 4) is 0 Å². The molecular weight excluding hydrogens is 464 g/mol. The van der Waals surface area contributed by atoms with Gasteiger partial charge in [-0.05, 0) is 44.4 Å². The third kappa shape index (κ3) is 33.2. The van der Waals surface area contributed by atoms with Gasteiger partial charge in [-0.2, -0.15) is 0 Å². The van der Waals surface area contributed by atoms with E-state index in [2.05, 4.69) is 32.9 Å². The van der Waals surface area contributed by atoms with E-state index in [1.807, 2.05) is 0 Å². The Labute approximate surface area is 240 Å². The van der Waals surface area contributed by atoms with Crippen LogP contribution in [0.1, 0.15) is 201 Å². The Morgan fingerprint density at radius 3 is 1.39 bits per heavy atom. The molecular formula is C36H70O2. The molecule has 0 aromatic heterocycles. The topological polar surface area (TPSA) is 26.3 Å². The van der Waals surface area contributed by atoms with Crippen LogP contribution in [0.2, 0.25) is 0 Å². The second kappa shape index (κ2) is 32.4. The van der Waals surface area contributed by atoms with Crippen molar-refractivity contribution in [3.05, 3.63) is 12.2 Å². The Morgan fingerprint density at radius 1 is 0.526 bits per heavy atom. The molecule has 0 N–H and O–H groups in total. The molecule has 0 aliphatic heterocycles. The smallest absolute Gasteiger partial charge is 0.305 e. The van der Waals surface area contributed by atoms with Crippen LogP contribution in [0.25, 0.3) is 0 Å². The van der Waals surface area contributed by atoms with Crippen LogP contribution in [0.3, 0.4) is 0 Å². The minimum absolute atomic E-state index is 0.0217. The maximum atomic E-state index is 11.9. The van der Waals surface area contributed by atoms with Gasteiger partial charge in [-0.1, -0.05) is 168 Å². The molecule has 0 aliphatic rings. The predicted octanol–water partition coefficient (Wildman–Crippen LogP) is 12.7. The molecule has 2 heteroatoms. The lowest BCUT2D eigenvalue weighted by Gasteiger charge is -2.06. The van der Waals surface area contributed by atoms with E-state index in [1.165, 1.54) is 161 Å². The highest BCUT2D eigenvalue weighted by Gasteiger charge is 2.03. The number of unbranched alkanes of at least 4 members (excludes halogenated alkanes) is 23. The first-order valence-electron chi connectivity index (χ1n) is 17.5. The number of esters is 1. The van der Waals surface area contributed by atoms with Gasteiger partial charge in [-0.15, -0.1) is 0 Å². The number of carbonyl (C=O) groups is 1. The monoisotopic (exact) mass is 535 g/mol. The molecule has 0 atom stereocenters. The van der Waals surface area contributed by atoms with Gasteiger partial charge in [0.15, 0.2) is 0 Å². The molecule has 0 amide bonds. The number of ether oxygens (including phenoxy) is 1. The molecule has 226 valence electrons. The van der Waals surface area contributed by atoms with Crippen molar-refractivity contribution in [1.82, 2.24) is 0 Å². The van der Waals surface area contributed by atoms with Crippen molar-refractivity contribution in [2.24, 2.45) is 5.92 Å². The molecule has 0 heterocycles. The minimum Gasteiger partial charge on any atom is -0.466 e. The summed E-state index contributed by atoms with van der Waals surface area (Å²) in [4.78, 5) is 11.9. The van der Waals surface area contributed by atoms with Crippen LogP contribution in [0.4, 0.5) is 0 Å². The Hall–Kier alpha value is -0.790. The third-order valence-corrected chi connectivity index (χ3v) is 7.83. The van der Waals surface area contributed by atoms with E-state index in [9.17, 15) is 4.79 Å². The maximum Gasteiger partial charge on any atom is 0.305 e. The van der Waals surface area contributed by atoms with Gasteiger partial charge in [0.1, 0.15) is 0 Å². The number of allylic oxidation sites excluding steroid dienone is 2. The van der Waals surface area contributed by atoms with Crippen molar-refractivity contribution in [2.45, 2.75) is 201 Å². The fraction of sp³-hybridized carbons (Fsp3) is 0.917. The van der Waals surface area contributed by atoms with Gasteiger partial charge in [-0.25, -0.2) is 0 Å². The SMILES string of the molecule is CCCCCC/C=C/CCCCCCCCCCCC(=O)OCCCCCCCCCCCCCC(C)C. The van der Waals surface area contributed by atoms with Crippen LogP contribution in [-0.4, -0.2) is 12.6 Å². The summed E-state index contributed by atoms with van der Waals surface area (Å²) in [7, 11) is 0. The molecule has 2 nitrogen and oxygen atoms in total. The fourth-order valence-corrected chi connectivity index (χ4v) is 5.20. The van der Waals surface area contributed by atoms with Gasteiger partial charge in [-0.3, -0.25) is 4.79 Å². The van der Waals surface area contributed by atoms with Crippen molar-refractivity contribution in [3.63, 3.8) is 0 Å². The minimum atomic E-state index is 0.0217. The van der Waals surface area contributed by atoms with E-state index in [4.69, 9.17) is 4.74 Å². The molecule has 0 aliphatic carbocycles. The van der Waals surface area contributed by atoms with E-state index in [1.54, 1.807) is 0 Å².